The molecule has 0 radical (unpaired) electrons. The maximum atomic E-state index is 12.0. The number of hydrogen-bond donors (Lipinski definition) is 2. The molecule has 0 bridgehead atoms. The molecule has 3 aromatic heterocycles. The van der Waals surface area contributed by atoms with Gasteiger partial charge < -0.3 is 10.6 Å². The summed E-state index contributed by atoms with van der Waals surface area (Å²) in [4.78, 5) is 27.7. The number of aromatic nitrogens is 4. The minimum Gasteiger partial charge on any atom is -0.364 e. The normalized spacial score (nSPS) is 13.9. The average Bonchev–Trinajstić information content (AvgIpc) is 3.06. The number of imidazole rings is 1. The predicted octanol–water partition coefficient (Wildman–Crippen LogP) is 2.01. The van der Waals surface area contributed by atoms with Crippen LogP contribution in [0.25, 0.3) is 4.96 Å². The average molecular weight is 342 g/mol. The van der Waals surface area contributed by atoms with Gasteiger partial charge >= 0.3 is 0 Å². The van der Waals surface area contributed by atoms with Crippen LogP contribution in [0.4, 0.5) is 5.82 Å². The second-order valence-electron chi connectivity index (χ2n) is 5.93. The summed E-state index contributed by atoms with van der Waals surface area (Å²) in [5.41, 5.74) is 3.54. The third kappa shape index (κ3) is 2.43. The lowest BCUT2D eigenvalue weighted by Gasteiger charge is -2.19. The maximum absolute atomic E-state index is 12.0. The van der Waals surface area contributed by atoms with Gasteiger partial charge in [0.1, 0.15) is 17.3 Å². The minimum atomic E-state index is -0.126. The molecule has 3 aromatic rings. The Morgan fingerprint density at radius 2 is 2.12 bits per heavy atom. The first-order valence-electron chi connectivity index (χ1n) is 7.86. The van der Waals surface area contributed by atoms with E-state index in [1.807, 2.05) is 6.20 Å². The number of rotatable bonds is 3. The van der Waals surface area contributed by atoms with E-state index in [1.54, 1.807) is 18.3 Å². The molecule has 0 saturated heterocycles. The molecule has 1 amide bonds. The van der Waals surface area contributed by atoms with E-state index in [4.69, 9.17) is 0 Å². The highest BCUT2D eigenvalue weighted by Crippen LogP contribution is 2.23. The van der Waals surface area contributed by atoms with Crippen molar-refractivity contribution in [1.29, 1.82) is 0 Å². The molecule has 7 nitrogen and oxygen atoms in total. The van der Waals surface area contributed by atoms with Crippen LogP contribution < -0.4 is 10.6 Å². The SMILES string of the molecule is Cc1nc(NCc2cn3c(C)c(C)sc3n2)c2c(n1)C(=O)NCC2. The molecule has 0 spiro atoms. The second kappa shape index (κ2) is 5.55. The molecule has 0 fully saturated rings. The molecule has 124 valence electrons. The lowest BCUT2D eigenvalue weighted by Crippen LogP contribution is -2.34. The fourth-order valence-electron chi connectivity index (χ4n) is 2.91. The van der Waals surface area contributed by atoms with Crippen molar-refractivity contribution < 1.29 is 4.79 Å². The molecular weight excluding hydrogens is 324 g/mol. The van der Waals surface area contributed by atoms with Crippen molar-refractivity contribution in [2.75, 3.05) is 11.9 Å². The van der Waals surface area contributed by atoms with E-state index < -0.39 is 0 Å². The molecule has 0 unspecified atom stereocenters. The van der Waals surface area contributed by atoms with Crippen LogP contribution in [0.2, 0.25) is 0 Å². The molecule has 0 saturated carbocycles. The van der Waals surface area contributed by atoms with Gasteiger partial charge in [0, 0.05) is 28.9 Å². The molecule has 0 atom stereocenters. The third-order valence-electron chi connectivity index (χ3n) is 4.27. The van der Waals surface area contributed by atoms with E-state index in [-0.39, 0.29) is 5.91 Å². The van der Waals surface area contributed by atoms with Crippen molar-refractivity contribution in [3.05, 3.63) is 39.5 Å². The molecule has 8 heteroatoms. The Balaban J connectivity index is 1.62. The van der Waals surface area contributed by atoms with Gasteiger partial charge in [-0.05, 0) is 27.2 Å². The Kier molecular flexibility index (Phi) is 3.49. The molecule has 2 N–H and O–H groups in total. The number of fused-ring (bicyclic) bond motifs is 2. The van der Waals surface area contributed by atoms with E-state index >= 15 is 0 Å². The number of aryl methyl sites for hydroxylation is 3. The molecule has 4 rings (SSSR count). The van der Waals surface area contributed by atoms with E-state index in [9.17, 15) is 4.79 Å². The number of nitrogens with zero attached hydrogens (tertiary/aromatic N) is 4. The predicted molar refractivity (Wildman–Crippen MR) is 92.7 cm³/mol. The number of nitrogens with one attached hydrogen (secondary N) is 2. The monoisotopic (exact) mass is 342 g/mol. The first-order chi connectivity index (χ1) is 11.5. The number of carbonyl (C=O) groups excluding carboxylic acids is 1. The zero-order valence-corrected chi connectivity index (χ0v) is 14.6. The summed E-state index contributed by atoms with van der Waals surface area (Å²) in [7, 11) is 0. The summed E-state index contributed by atoms with van der Waals surface area (Å²) in [5, 5.41) is 6.15. The Morgan fingerprint density at radius 3 is 2.92 bits per heavy atom. The van der Waals surface area contributed by atoms with E-state index in [0.717, 1.165) is 28.5 Å². The zero-order chi connectivity index (χ0) is 16.8. The smallest absolute Gasteiger partial charge is 0.270 e. The highest BCUT2D eigenvalue weighted by molar-refractivity contribution is 7.17. The van der Waals surface area contributed by atoms with Crippen molar-refractivity contribution in [2.24, 2.45) is 0 Å². The fourth-order valence-corrected chi connectivity index (χ4v) is 3.88. The molecule has 1 aliphatic heterocycles. The van der Waals surface area contributed by atoms with Crippen LogP contribution in [0.5, 0.6) is 0 Å². The van der Waals surface area contributed by atoms with Crippen molar-refractivity contribution >= 4 is 28.0 Å². The van der Waals surface area contributed by atoms with Gasteiger partial charge in [-0.2, -0.15) is 0 Å². The van der Waals surface area contributed by atoms with Gasteiger partial charge in [-0.3, -0.25) is 9.20 Å². The summed E-state index contributed by atoms with van der Waals surface area (Å²) in [6.45, 7) is 7.18. The third-order valence-corrected chi connectivity index (χ3v) is 5.34. The van der Waals surface area contributed by atoms with Crippen molar-refractivity contribution in [3.63, 3.8) is 0 Å². The summed E-state index contributed by atoms with van der Waals surface area (Å²) in [6, 6.07) is 0. The van der Waals surface area contributed by atoms with Crippen molar-refractivity contribution in [1.82, 2.24) is 24.7 Å². The van der Waals surface area contributed by atoms with Crippen molar-refractivity contribution in [2.45, 2.75) is 33.7 Å². The lowest BCUT2D eigenvalue weighted by atomic mass is 10.1. The molecule has 24 heavy (non-hydrogen) atoms. The highest BCUT2D eigenvalue weighted by atomic mass is 32.1. The number of amides is 1. The number of carbonyl (C=O) groups is 1. The van der Waals surface area contributed by atoms with Crippen LogP contribution in [0.15, 0.2) is 6.20 Å². The van der Waals surface area contributed by atoms with Gasteiger partial charge in [-0.1, -0.05) is 0 Å². The van der Waals surface area contributed by atoms with Gasteiger partial charge in [0.25, 0.3) is 5.91 Å². The van der Waals surface area contributed by atoms with Crippen LogP contribution in [-0.4, -0.2) is 31.8 Å². The van der Waals surface area contributed by atoms with Crippen LogP contribution in [-0.2, 0) is 13.0 Å². The number of anilines is 1. The zero-order valence-electron chi connectivity index (χ0n) is 13.8. The van der Waals surface area contributed by atoms with Gasteiger partial charge in [0.15, 0.2) is 4.96 Å². The van der Waals surface area contributed by atoms with Gasteiger partial charge in [0.05, 0.1) is 12.2 Å². The van der Waals surface area contributed by atoms with Crippen LogP contribution in [0, 0.1) is 20.8 Å². The quantitative estimate of drug-likeness (QED) is 0.761. The Morgan fingerprint density at radius 1 is 1.29 bits per heavy atom. The molecule has 1 aliphatic rings. The Labute approximate surface area is 143 Å². The molecule has 0 aliphatic carbocycles. The first-order valence-corrected chi connectivity index (χ1v) is 8.68. The fraction of sp³-hybridized carbons (Fsp3) is 0.375. The minimum absolute atomic E-state index is 0.126. The highest BCUT2D eigenvalue weighted by Gasteiger charge is 2.23. The van der Waals surface area contributed by atoms with E-state index in [2.05, 4.69) is 43.8 Å². The molecule has 4 heterocycles. The van der Waals surface area contributed by atoms with E-state index in [0.29, 0.717) is 24.6 Å². The van der Waals surface area contributed by atoms with E-state index in [1.165, 1.54) is 10.6 Å². The second-order valence-corrected chi connectivity index (χ2v) is 7.12. The maximum Gasteiger partial charge on any atom is 0.270 e. The lowest BCUT2D eigenvalue weighted by molar-refractivity contribution is 0.0940. The topological polar surface area (TPSA) is 84.2 Å². The van der Waals surface area contributed by atoms with Crippen molar-refractivity contribution in [3.8, 4) is 0 Å². The summed E-state index contributed by atoms with van der Waals surface area (Å²) in [5.74, 6) is 1.20. The molecular formula is C16H18N6OS. The largest absolute Gasteiger partial charge is 0.364 e. The molecule has 0 aromatic carbocycles. The summed E-state index contributed by atoms with van der Waals surface area (Å²) < 4.78 is 2.12. The van der Waals surface area contributed by atoms with Gasteiger partial charge in [0.2, 0.25) is 0 Å². The van der Waals surface area contributed by atoms with Gasteiger partial charge in [-0.25, -0.2) is 15.0 Å². The summed E-state index contributed by atoms with van der Waals surface area (Å²) >= 11 is 1.69. The number of thiazole rings is 1. The van der Waals surface area contributed by atoms with Crippen LogP contribution in [0.3, 0.4) is 0 Å². The summed E-state index contributed by atoms with van der Waals surface area (Å²) in [6.07, 6.45) is 2.79. The van der Waals surface area contributed by atoms with Gasteiger partial charge in [-0.15, -0.1) is 11.3 Å². The first kappa shape index (κ1) is 15.1. The number of hydrogen-bond acceptors (Lipinski definition) is 6. The standard InChI is InChI=1S/C16H18N6OS/c1-8-9(2)24-16-21-11(7-22(8)16)6-18-14-12-4-5-17-15(23)13(12)19-10(3)20-14/h7H,4-6H2,1-3H3,(H,17,23)(H,18,19,20). The van der Waals surface area contributed by atoms with Crippen LogP contribution in [0.1, 0.15) is 38.1 Å². The Hall–Kier alpha value is -2.48. The van der Waals surface area contributed by atoms with Crippen LogP contribution >= 0.6 is 11.3 Å². The Bertz CT molecular complexity index is 957.